The van der Waals surface area contributed by atoms with E-state index >= 15 is 0 Å². The standard InChI is InChI=1S/C30H28N2O4/c1-2-32(25-11-5-3-6-12-25)30(34)23-17-19-24(20-18-23)31-29(33)27-15-9-10-16-28(27)36-22-21-35-26-13-7-4-8-14-26/h3-20H,2,21-22H2,1H3,(H,31,33). The molecule has 182 valence electrons. The fraction of sp³-hybridized carbons (Fsp3) is 0.133. The molecule has 0 radical (unpaired) electrons. The maximum absolute atomic E-state index is 13.0. The number of hydrogen-bond acceptors (Lipinski definition) is 4. The van der Waals surface area contributed by atoms with E-state index in [1.807, 2.05) is 73.7 Å². The van der Waals surface area contributed by atoms with Gasteiger partial charge in [0.2, 0.25) is 0 Å². The Hall–Kier alpha value is -4.58. The largest absolute Gasteiger partial charge is 0.490 e. The number of ether oxygens (including phenoxy) is 2. The highest BCUT2D eigenvalue weighted by molar-refractivity contribution is 6.08. The highest BCUT2D eigenvalue weighted by Crippen LogP contribution is 2.21. The van der Waals surface area contributed by atoms with Gasteiger partial charge in [0.15, 0.2) is 0 Å². The van der Waals surface area contributed by atoms with Gasteiger partial charge in [-0.05, 0) is 67.6 Å². The van der Waals surface area contributed by atoms with Gasteiger partial charge in [-0.3, -0.25) is 9.59 Å². The van der Waals surface area contributed by atoms with Gasteiger partial charge in [-0.2, -0.15) is 0 Å². The first-order valence-electron chi connectivity index (χ1n) is 11.8. The molecule has 0 spiro atoms. The molecule has 36 heavy (non-hydrogen) atoms. The number of nitrogens with one attached hydrogen (secondary N) is 1. The van der Waals surface area contributed by atoms with Crippen molar-refractivity contribution in [2.24, 2.45) is 0 Å². The van der Waals surface area contributed by atoms with Crippen LogP contribution in [0.4, 0.5) is 11.4 Å². The highest BCUT2D eigenvalue weighted by Gasteiger charge is 2.17. The van der Waals surface area contributed by atoms with Gasteiger partial charge in [-0.1, -0.05) is 48.5 Å². The van der Waals surface area contributed by atoms with Gasteiger partial charge in [-0.15, -0.1) is 0 Å². The molecule has 0 bridgehead atoms. The summed E-state index contributed by atoms with van der Waals surface area (Å²) < 4.78 is 11.5. The molecule has 0 aliphatic carbocycles. The Labute approximate surface area is 211 Å². The third kappa shape index (κ3) is 6.30. The first-order chi connectivity index (χ1) is 17.7. The Morgan fingerprint density at radius 1 is 0.722 bits per heavy atom. The van der Waals surface area contributed by atoms with E-state index in [1.54, 1.807) is 47.4 Å². The van der Waals surface area contributed by atoms with Gasteiger partial charge in [0.05, 0.1) is 5.56 Å². The number of nitrogens with zero attached hydrogens (tertiary/aromatic N) is 1. The van der Waals surface area contributed by atoms with E-state index in [0.29, 0.717) is 42.3 Å². The lowest BCUT2D eigenvalue weighted by molar-refractivity contribution is 0.0986. The quantitative estimate of drug-likeness (QED) is 0.280. The Morgan fingerprint density at radius 3 is 2.03 bits per heavy atom. The second kappa shape index (κ2) is 12.2. The molecule has 4 rings (SSSR count). The van der Waals surface area contributed by atoms with E-state index in [2.05, 4.69) is 5.32 Å². The van der Waals surface area contributed by atoms with Crippen LogP contribution < -0.4 is 19.7 Å². The maximum Gasteiger partial charge on any atom is 0.259 e. The second-order valence-electron chi connectivity index (χ2n) is 7.92. The molecule has 4 aromatic rings. The molecule has 4 aromatic carbocycles. The molecule has 0 atom stereocenters. The van der Waals surface area contributed by atoms with Crippen LogP contribution in [0.1, 0.15) is 27.6 Å². The van der Waals surface area contributed by atoms with Gasteiger partial charge in [0.1, 0.15) is 24.7 Å². The smallest absolute Gasteiger partial charge is 0.259 e. The van der Waals surface area contributed by atoms with Crippen LogP contribution in [0.25, 0.3) is 0 Å². The second-order valence-corrected chi connectivity index (χ2v) is 7.92. The average Bonchev–Trinajstić information content (AvgIpc) is 2.93. The first-order valence-corrected chi connectivity index (χ1v) is 11.8. The van der Waals surface area contributed by atoms with Crippen LogP contribution in [-0.2, 0) is 0 Å². The highest BCUT2D eigenvalue weighted by atomic mass is 16.5. The minimum Gasteiger partial charge on any atom is -0.490 e. The fourth-order valence-corrected chi connectivity index (χ4v) is 3.71. The number of carbonyl (C=O) groups is 2. The number of carbonyl (C=O) groups excluding carboxylic acids is 2. The van der Waals surface area contributed by atoms with Crippen LogP contribution in [0, 0.1) is 0 Å². The van der Waals surface area contributed by atoms with Gasteiger partial charge in [0, 0.05) is 23.5 Å². The van der Waals surface area contributed by atoms with Gasteiger partial charge >= 0.3 is 0 Å². The molecule has 0 fully saturated rings. The summed E-state index contributed by atoms with van der Waals surface area (Å²) in [7, 11) is 0. The topological polar surface area (TPSA) is 67.9 Å². The minimum atomic E-state index is -0.298. The average molecular weight is 481 g/mol. The maximum atomic E-state index is 13.0. The van der Waals surface area contributed by atoms with Crippen LogP contribution in [0.5, 0.6) is 11.5 Å². The van der Waals surface area contributed by atoms with E-state index in [-0.39, 0.29) is 11.8 Å². The molecule has 0 aliphatic heterocycles. The van der Waals surface area contributed by atoms with Crippen LogP contribution in [0.2, 0.25) is 0 Å². The molecule has 0 saturated heterocycles. The Balaban J connectivity index is 1.36. The van der Waals surface area contributed by atoms with Crippen molar-refractivity contribution >= 4 is 23.2 Å². The van der Waals surface area contributed by atoms with Crippen molar-refractivity contribution in [3.8, 4) is 11.5 Å². The molecule has 0 aromatic heterocycles. The number of para-hydroxylation sites is 3. The SMILES string of the molecule is CCN(C(=O)c1ccc(NC(=O)c2ccccc2OCCOc2ccccc2)cc1)c1ccccc1. The molecule has 0 aliphatic rings. The zero-order chi connectivity index (χ0) is 25.2. The minimum absolute atomic E-state index is 0.0990. The van der Waals surface area contributed by atoms with Gasteiger partial charge in [0.25, 0.3) is 11.8 Å². The molecule has 1 N–H and O–H groups in total. The van der Waals surface area contributed by atoms with Gasteiger partial charge in [-0.25, -0.2) is 0 Å². The number of amides is 2. The lowest BCUT2D eigenvalue weighted by atomic mass is 10.1. The monoisotopic (exact) mass is 480 g/mol. The summed E-state index contributed by atoms with van der Waals surface area (Å²) in [5.74, 6) is 0.839. The van der Waals surface area contributed by atoms with E-state index in [0.717, 1.165) is 11.4 Å². The summed E-state index contributed by atoms with van der Waals surface area (Å²) in [5.41, 5.74) is 2.38. The van der Waals surface area contributed by atoms with Crippen molar-refractivity contribution < 1.29 is 19.1 Å². The molecular formula is C30H28N2O4. The van der Waals surface area contributed by atoms with E-state index < -0.39 is 0 Å². The summed E-state index contributed by atoms with van der Waals surface area (Å²) in [4.78, 5) is 27.7. The number of rotatable bonds is 10. The van der Waals surface area contributed by atoms with Crippen LogP contribution in [0.3, 0.4) is 0 Å². The number of anilines is 2. The Morgan fingerprint density at radius 2 is 1.33 bits per heavy atom. The Kier molecular flexibility index (Phi) is 8.33. The molecule has 0 saturated carbocycles. The van der Waals surface area contributed by atoms with Crippen LogP contribution in [0.15, 0.2) is 109 Å². The molecule has 6 nitrogen and oxygen atoms in total. The molecule has 2 amide bonds. The number of hydrogen-bond donors (Lipinski definition) is 1. The van der Waals surface area contributed by atoms with Crippen LogP contribution in [-0.4, -0.2) is 31.6 Å². The van der Waals surface area contributed by atoms with Crippen molar-refractivity contribution in [2.75, 3.05) is 30.0 Å². The van der Waals surface area contributed by atoms with E-state index in [9.17, 15) is 9.59 Å². The predicted molar refractivity (Wildman–Crippen MR) is 142 cm³/mol. The lowest BCUT2D eigenvalue weighted by Gasteiger charge is -2.21. The van der Waals surface area contributed by atoms with Crippen molar-refractivity contribution in [1.29, 1.82) is 0 Å². The molecule has 0 unspecified atom stereocenters. The summed E-state index contributed by atoms with van der Waals surface area (Å²) in [6.45, 7) is 3.14. The van der Waals surface area contributed by atoms with Crippen LogP contribution >= 0.6 is 0 Å². The zero-order valence-corrected chi connectivity index (χ0v) is 20.1. The summed E-state index contributed by atoms with van der Waals surface area (Å²) in [5, 5.41) is 2.88. The fourth-order valence-electron chi connectivity index (χ4n) is 3.71. The third-order valence-corrected chi connectivity index (χ3v) is 5.50. The van der Waals surface area contributed by atoms with Gasteiger partial charge < -0.3 is 19.7 Å². The normalized spacial score (nSPS) is 10.4. The molecule has 6 heteroatoms. The summed E-state index contributed by atoms with van der Waals surface area (Å²) in [6.07, 6.45) is 0. The van der Waals surface area contributed by atoms with E-state index in [4.69, 9.17) is 9.47 Å². The van der Waals surface area contributed by atoms with Crippen molar-refractivity contribution in [2.45, 2.75) is 6.92 Å². The van der Waals surface area contributed by atoms with Crippen molar-refractivity contribution in [1.82, 2.24) is 0 Å². The Bertz CT molecular complexity index is 1280. The predicted octanol–water partition coefficient (Wildman–Crippen LogP) is 6.06. The summed E-state index contributed by atoms with van der Waals surface area (Å²) >= 11 is 0. The van der Waals surface area contributed by atoms with Crippen molar-refractivity contribution in [3.05, 3.63) is 120 Å². The molecule has 0 heterocycles. The number of benzene rings is 4. The zero-order valence-electron chi connectivity index (χ0n) is 20.1. The summed E-state index contributed by atoms with van der Waals surface area (Å²) in [6, 6.07) is 33.0. The van der Waals surface area contributed by atoms with E-state index in [1.165, 1.54) is 0 Å². The molecular weight excluding hydrogens is 452 g/mol. The van der Waals surface area contributed by atoms with Crippen molar-refractivity contribution in [3.63, 3.8) is 0 Å². The lowest BCUT2D eigenvalue weighted by Crippen LogP contribution is -2.30. The third-order valence-electron chi connectivity index (χ3n) is 5.50. The first kappa shape index (κ1) is 24.5.